The largest absolute Gasteiger partial charge is 0.496 e. The molecule has 1 aromatic rings. The predicted molar refractivity (Wildman–Crippen MR) is 97.2 cm³/mol. The summed E-state index contributed by atoms with van der Waals surface area (Å²) >= 11 is 0. The number of nitrogens with one attached hydrogen (secondary N) is 1. The summed E-state index contributed by atoms with van der Waals surface area (Å²) in [4.78, 5) is 23.7. The molecule has 0 spiro atoms. The number of esters is 1. The highest BCUT2D eigenvalue weighted by atomic mass is 16.5. The lowest BCUT2D eigenvalue weighted by atomic mass is 9.97. The number of benzene rings is 1. The van der Waals surface area contributed by atoms with Gasteiger partial charge in [-0.1, -0.05) is 50.3 Å². The molecule has 0 radical (unpaired) electrons. The zero-order valence-electron chi connectivity index (χ0n) is 14.8. The van der Waals surface area contributed by atoms with Crippen LogP contribution in [-0.4, -0.2) is 31.6 Å². The van der Waals surface area contributed by atoms with E-state index in [2.05, 4.69) is 5.32 Å². The van der Waals surface area contributed by atoms with Crippen LogP contribution in [0.2, 0.25) is 0 Å². The van der Waals surface area contributed by atoms with E-state index in [1.807, 2.05) is 24.3 Å². The lowest BCUT2D eigenvalue weighted by Gasteiger charge is -2.20. The highest BCUT2D eigenvalue weighted by Crippen LogP contribution is 2.19. The van der Waals surface area contributed by atoms with Crippen molar-refractivity contribution in [2.45, 2.75) is 51.0 Å². The van der Waals surface area contributed by atoms with E-state index in [1.165, 1.54) is 25.3 Å². The van der Waals surface area contributed by atoms with Crippen LogP contribution in [0.15, 0.2) is 30.3 Å². The smallest absolute Gasteiger partial charge is 0.331 e. The second kappa shape index (κ2) is 10.5. The highest BCUT2D eigenvalue weighted by molar-refractivity contribution is 5.89. The van der Waals surface area contributed by atoms with Crippen molar-refractivity contribution >= 4 is 18.0 Å². The van der Waals surface area contributed by atoms with Gasteiger partial charge in [-0.25, -0.2) is 4.79 Å². The lowest BCUT2D eigenvalue weighted by Crippen LogP contribution is -2.37. The van der Waals surface area contributed by atoms with Gasteiger partial charge in [0.1, 0.15) is 5.75 Å². The molecule has 2 rings (SSSR count). The first-order valence-corrected chi connectivity index (χ1v) is 8.96. The van der Waals surface area contributed by atoms with E-state index < -0.39 is 5.97 Å². The molecular weight excluding hydrogens is 318 g/mol. The summed E-state index contributed by atoms with van der Waals surface area (Å²) in [6, 6.07) is 7.57. The van der Waals surface area contributed by atoms with Gasteiger partial charge < -0.3 is 14.8 Å². The Kier molecular flexibility index (Phi) is 8.02. The topological polar surface area (TPSA) is 64.6 Å². The van der Waals surface area contributed by atoms with Gasteiger partial charge >= 0.3 is 5.97 Å². The molecule has 136 valence electrons. The summed E-state index contributed by atoms with van der Waals surface area (Å²) in [6.45, 7) is -0.244. The van der Waals surface area contributed by atoms with Gasteiger partial charge in [0.15, 0.2) is 6.61 Å². The fourth-order valence-corrected chi connectivity index (χ4v) is 3.02. The van der Waals surface area contributed by atoms with Crippen molar-refractivity contribution in [1.82, 2.24) is 5.32 Å². The molecule has 0 aromatic heterocycles. The standard InChI is InChI=1S/C20H27NO4/c1-24-18-12-8-7-9-16(18)13-14-20(23)25-15-19(22)21-17-10-5-3-2-4-6-11-17/h7-9,12-14,17H,2-6,10-11,15H2,1H3,(H,21,22)/b14-13+. The quantitative estimate of drug-likeness (QED) is 0.633. The maximum Gasteiger partial charge on any atom is 0.331 e. The Balaban J connectivity index is 1.75. The molecule has 0 atom stereocenters. The third kappa shape index (κ3) is 6.99. The Morgan fingerprint density at radius 1 is 1.12 bits per heavy atom. The average Bonchev–Trinajstić information content (AvgIpc) is 2.60. The van der Waals surface area contributed by atoms with Gasteiger partial charge in [-0.05, 0) is 25.0 Å². The van der Waals surface area contributed by atoms with E-state index in [0.717, 1.165) is 31.2 Å². The first-order valence-electron chi connectivity index (χ1n) is 8.96. The molecule has 1 saturated carbocycles. The van der Waals surface area contributed by atoms with Gasteiger partial charge in [0, 0.05) is 17.7 Å². The Bertz CT molecular complexity index is 589. The lowest BCUT2D eigenvalue weighted by molar-refractivity contribution is -0.144. The van der Waals surface area contributed by atoms with Crippen molar-refractivity contribution in [2.24, 2.45) is 0 Å². The summed E-state index contributed by atoms with van der Waals surface area (Å²) in [6.07, 6.45) is 11.0. The van der Waals surface area contributed by atoms with Gasteiger partial charge in [-0.15, -0.1) is 0 Å². The molecule has 1 aliphatic rings. The van der Waals surface area contributed by atoms with Gasteiger partial charge in [-0.2, -0.15) is 0 Å². The van der Waals surface area contributed by atoms with Gasteiger partial charge in [0.2, 0.25) is 0 Å². The number of amides is 1. The van der Waals surface area contributed by atoms with Crippen LogP contribution in [0.5, 0.6) is 5.75 Å². The Labute approximate surface area is 149 Å². The van der Waals surface area contributed by atoms with E-state index in [9.17, 15) is 9.59 Å². The first-order chi connectivity index (χ1) is 12.2. The molecule has 5 nitrogen and oxygen atoms in total. The molecular formula is C20H27NO4. The average molecular weight is 345 g/mol. The Morgan fingerprint density at radius 3 is 2.52 bits per heavy atom. The normalized spacial score (nSPS) is 16.0. The molecule has 0 unspecified atom stereocenters. The third-order valence-electron chi connectivity index (χ3n) is 4.35. The minimum Gasteiger partial charge on any atom is -0.496 e. The van der Waals surface area contributed by atoms with Gasteiger partial charge in [0.25, 0.3) is 5.91 Å². The maximum absolute atomic E-state index is 12.0. The Morgan fingerprint density at radius 2 is 1.80 bits per heavy atom. The van der Waals surface area contributed by atoms with Crippen molar-refractivity contribution in [1.29, 1.82) is 0 Å². The summed E-state index contributed by atoms with van der Waals surface area (Å²) in [5, 5.41) is 2.97. The molecule has 0 heterocycles. The zero-order chi connectivity index (χ0) is 17.9. The summed E-state index contributed by atoms with van der Waals surface area (Å²) < 4.78 is 10.2. The summed E-state index contributed by atoms with van der Waals surface area (Å²) in [7, 11) is 1.57. The van der Waals surface area contributed by atoms with E-state index in [4.69, 9.17) is 9.47 Å². The van der Waals surface area contributed by atoms with Crippen molar-refractivity contribution < 1.29 is 19.1 Å². The van der Waals surface area contributed by atoms with Gasteiger partial charge in [-0.3, -0.25) is 4.79 Å². The van der Waals surface area contributed by atoms with E-state index in [1.54, 1.807) is 13.2 Å². The number of hydrogen-bond acceptors (Lipinski definition) is 4. The monoisotopic (exact) mass is 345 g/mol. The van der Waals surface area contributed by atoms with Gasteiger partial charge in [0.05, 0.1) is 7.11 Å². The van der Waals surface area contributed by atoms with E-state index in [-0.39, 0.29) is 18.6 Å². The fourth-order valence-electron chi connectivity index (χ4n) is 3.02. The second-order valence-corrected chi connectivity index (χ2v) is 6.29. The van der Waals surface area contributed by atoms with E-state index in [0.29, 0.717) is 5.75 Å². The summed E-state index contributed by atoms with van der Waals surface area (Å²) in [5.74, 6) is -0.100. The molecule has 1 N–H and O–H groups in total. The second-order valence-electron chi connectivity index (χ2n) is 6.29. The molecule has 1 aliphatic carbocycles. The van der Waals surface area contributed by atoms with Crippen LogP contribution in [0.25, 0.3) is 6.08 Å². The number of carbonyl (C=O) groups excluding carboxylic acids is 2. The third-order valence-corrected chi connectivity index (χ3v) is 4.35. The molecule has 0 saturated heterocycles. The molecule has 0 aliphatic heterocycles. The molecule has 25 heavy (non-hydrogen) atoms. The Hall–Kier alpha value is -2.30. The zero-order valence-corrected chi connectivity index (χ0v) is 14.8. The number of hydrogen-bond donors (Lipinski definition) is 1. The first kappa shape index (κ1) is 19.0. The van der Waals surface area contributed by atoms with Crippen molar-refractivity contribution in [3.63, 3.8) is 0 Å². The SMILES string of the molecule is COc1ccccc1/C=C/C(=O)OCC(=O)NC1CCCCCCC1. The number of ether oxygens (including phenoxy) is 2. The van der Waals surface area contributed by atoms with Crippen molar-refractivity contribution in [2.75, 3.05) is 13.7 Å². The summed E-state index contributed by atoms with van der Waals surface area (Å²) in [5.41, 5.74) is 0.779. The maximum atomic E-state index is 12.0. The van der Waals surface area contributed by atoms with Crippen LogP contribution in [0.4, 0.5) is 0 Å². The number of para-hydroxylation sites is 1. The van der Waals surface area contributed by atoms with E-state index >= 15 is 0 Å². The van der Waals surface area contributed by atoms with Crippen LogP contribution in [0, 0.1) is 0 Å². The highest BCUT2D eigenvalue weighted by Gasteiger charge is 2.14. The number of rotatable bonds is 6. The molecule has 0 bridgehead atoms. The van der Waals surface area contributed by atoms with Crippen LogP contribution >= 0.6 is 0 Å². The molecule has 1 aromatic carbocycles. The van der Waals surface area contributed by atoms with Crippen LogP contribution < -0.4 is 10.1 Å². The number of methoxy groups -OCH3 is 1. The minimum atomic E-state index is -0.543. The fraction of sp³-hybridized carbons (Fsp3) is 0.500. The molecule has 5 heteroatoms. The minimum absolute atomic E-state index is 0.204. The van der Waals surface area contributed by atoms with Crippen molar-refractivity contribution in [3.8, 4) is 5.75 Å². The number of carbonyl (C=O) groups is 2. The van der Waals surface area contributed by atoms with Crippen LogP contribution in [0.3, 0.4) is 0 Å². The molecule has 1 amide bonds. The van der Waals surface area contributed by atoms with Crippen molar-refractivity contribution in [3.05, 3.63) is 35.9 Å². The van der Waals surface area contributed by atoms with Crippen LogP contribution in [0.1, 0.15) is 50.5 Å². The van der Waals surface area contributed by atoms with Crippen LogP contribution in [-0.2, 0) is 14.3 Å². The predicted octanol–water partition coefficient (Wildman–Crippen LogP) is 3.48. The molecule has 1 fully saturated rings.